The van der Waals surface area contributed by atoms with Crippen LogP contribution in [0.25, 0.3) is 22.5 Å². The number of amides is 2. The van der Waals surface area contributed by atoms with Crippen molar-refractivity contribution < 1.29 is 22.7 Å². The molecule has 2 aliphatic rings. The molecule has 1 aromatic carbocycles. The highest BCUT2D eigenvalue weighted by atomic mass is 19.4. The van der Waals surface area contributed by atoms with Crippen LogP contribution >= 0.6 is 0 Å². The number of morpholine rings is 1. The summed E-state index contributed by atoms with van der Waals surface area (Å²) in [5, 5.41) is 3.06. The molecule has 208 valence electrons. The quantitative estimate of drug-likeness (QED) is 0.470. The number of benzene rings is 1. The third-order valence-electron chi connectivity index (χ3n) is 6.28. The average molecular weight is 544 g/mol. The number of halogens is 3. The summed E-state index contributed by atoms with van der Waals surface area (Å²) in [4.78, 5) is 30.0. The number of nitrogens with one attached hydrogen (secondary N) is 1. The Morgan fingerprint density at radius 1 is 1.00 bits per heavy atom. The number of anilines is 3. The van der Waals surface area contributed by atoms with Crippen LogP contribution in [-0.2, 0) is 4.74 Å². The molecule has 2 amide bonds. The Hall–Kier alpha value is -3.93. The molecule has 2 aliphatic heterocycles. The van der Waals surface area contributed by atoms with Gasteiger partial charge in [-0.15, -0.1) is 0 Å². The molecule has 0 saturated carbocycles. The molecule has 0 radical (unpaired) electrons. The number of nitrogen functional groups attached to an aromatic ring is 1. The highest BCUT2D eigenvalue weighted by Gasteiger charge is 2.20. The Morgan fingerprint density at radius 3 is 2.36 bits per heavy atom. The number of nitrogens with two attached hydrogens (primary N) is 1. The van der Waals surface area contributed by atoms with Gasteiger partial charge in [-0.2, -0.15) is 13.2 Å². The number of alkyl halides is 3. The number of aromatic nitrogens is 3. The van der Waals surface area contributed by atoms with Gasteiger partial charge >= 0.3 is 12.2 Å². The second-order valence-corrected chi connectivity index (χ2v) is 9.43. The van der Waals surface area contributed by atoms with Crippen molar-refractivity contribution in [2.75, 3.05) is 55.3 Å². The van der Waals surface area contributed by atoms with Crippen molar-refractivity contribution in [3.05, 3.63) is 48.2 Å². The number of ether oxygens (including phenoxy) is 1. The van der Waals surface area contributed by atoms with E-state index < -0.39 is 6.18 Å². The van der Waals surface area contributed by atoms with Gasteiger partial charge < -0.3 is 25.6 Å². The molecule has 3 N–H and O–H groups in total. The van der Waals surface area contributed by atoms with E-state index in [-0.39, 0.29) is 18.9 Å². The molecule has 12 heteroatoms. The van der Waals surface area contributed by atoms with Crippen molar-refractivity contribution in [3.63, 3.8) is 0 Å². The third-order valence-corrected chi connectivity index (χ3v) is 6.28. The number of urea groups is 1. The lowest BCUT2D eigenvalue weighted by molar-refractivity contribution is -0.110. The van der Waals surface area contributed by atoms with Gasteiger partial charge in [-0.1, -0.05) is 6.07 Å². The van der Waals surface area contributed by atoms with Gasteiger partial charge in [0.05, 0.1) is 24.6 Å². The van der Waals surface area contributed by atoms with Crippen molar-refractivity contribution in [3.8, 4) is 22.5 Å². The molecule has 0 spiro atoms. The molecule has 3 aromatic rings. The lowest BCUT2D eigenvalue weighted by atomic mass is 9.99. The minimum atomic E-state index is -4.00. The number of hydrogen-bond acceptors (Lipinski definition) is 7. The maximum Gasteiger partial charge on any atom is 0.386 e. The van der Waals surface area contributed by atoms with Gasteiger partial charge in [0, 0.05) is 45.0 Å². The minimum absolute atomic E-state index is 0.0480. The number of aryl methyl sites for hydroxylation is 1. The smallest absolute Gasteiger partial charge is 0.378 e. The molecule has 5 rings (SSSR count). The Kier molecular flexibility index (Phi) is 8.85. The molecule has 4 heterocycles. The first-order valence-corrected chi connectivity index (χ1v) is 12.7. The molecule has 9 nitrogen and oxygen atoms in total. The molecule has 0 unspecified atom stereocenters. The van der Waals surface area contributed by atoms with Crippen LogP contribution in [0.5, 0.6) is 0 Å². The van der Waals surface area contributed by atoms with Gasteiger partial charge in [-0.05, 0) is 66.8 Å². The number of rotatable bonds is 4. The fourth-order valence-corrected chi connectivity index (χ4v) is 4.41. The van der Waals surface area contributed by atoms with Gasteiger partial charge in [0.1, 0.15) is 5.82 Å². The third kappa shape index (κ3) is 8.03. The zero-order valence-electron chi connectivity index (χ0n) is 22.0. The summed E-state index contributed by atoms with van der Waals surface area (Å²) in [6.07, 6.45) is -0.241. The summed E-state index contributed by atoms with van der Waals surface area (Å²) >= 11 is 0. The Balaban J connectivity index is 0.000000648. The number of carbonyl (C=O) groups is 1. The van der Waals surface area contributed by atoms with E-state index >= 15 is 0 Å². The fourth-order valence-electron chi connectivity index (χ4n) is 4.41. The summed E-state index contributed by atoms with van der Waals surface area (Å²) in [6.45, 7) is 6.75. The topological polar surface area (TPSA) is 110 Å². The monoisotopic (exact) mass is 543 g/mol. The zero-order valence-corrected chi connectivity index (χ0v) is 22.0. The Bertz CT molecular complexity index is 1280. The summed E-state index contributed by atoms with van der Waals surface area (Å²) in [5.41, 5.74) is 11.1. The number of hydrogen-bond donors (Lipinski definition) is 2. The molecule has 0 bridgehead atoms. The first-order valence-electron chi connectivity index (χ1n) is 12.7. The van der Waals surface area contributed by atoms with Crippen molar-refractivity contribution in [1.29, 1.82) is 0 Å². The Labute approximate surface area is 225 Å². The summed E-state index contributed by atoms with van der Waals surface area (Å²) < 4.78 is 36.6. The van der Waals surface area contributed by atoms with Gasteiger partial charge in [-0.3, -0.25) is 0 Å². The lowest BCUT2D eigenvalue weighted by Crippen LogP contribution is -2.36. The van der Waals surface area contributed by atoms with E-state index in [1.54, 1.807) is 6.20 Å². The van der Waals surface area contributed by atoms with Crippen LogP contribution in [0.4, 0.5) is 35.4 Å². The lowest BCUT2D eigenvalue weighted by Gasteiger charge is -2.28. The molecule has 2 saturated heterocycles. The zero-order chi connectivity index (χ0) is 28.0. The molecule has 2 fully saturated rings. The molecule has 0 aliphatic carbocycles. The predicted molar refractivity (Wildman–Crippen MR) is 144 cm³/mol. The fraction of sp³-hybridized carbons (Fsp3) is 0.407. The van der Waals surface area contributed by atoms with E-state index in [0.29, 0.717) is 18.9 Å². The normalized spacial score (nSPS) is 15.5. The number of likely N-dealkylation sites (tertiary alicyclic amines) is 1. The van der Waals surface area contributed by atoms with Crippen LogP contribution in [0.15, 0.2) is 42.6 Å². The average Bonchev–Trinajstić information content (AvgIpc) is 3.45. The maximum atomic E-state index is 12.6. The second kappa shape index (κ2) is 12.3. The van der Waals surface area contributed by atoms with Gasteiger partial charge in [0.2, 0.25) is 5.95 Å². The molecular formula is C27H32F3N7O2. The van der Waals surface area contributed by atoms with Crippen molar-refractivity contribution in [2.24, 2.45) is 0 Å². The van der Waals surface area contributed by atoms with Crippen LogP contribution < -0.4 is 16.0 Å². The second-order valence-electron chi connectivity index (χ2n) is 9.43. The molecular weight excluding hydrogens is 511 g/mol. The molecule has 2 aromatic heterocycles. The predicted octanol–water partition coefficient (Wildman–Crippen LogP) is 5.13. The number of carbonyl (C=O) groups excluding carboxylic acids is 1. The summed E-state index contributed by atoms with van der Waals surface area (Å²) in [7, 11) is 0. The first-order chi connectivity index (χ1) is 18.6. The SMILES string of the molecule is CC(F)(F)F.Cc1ccc(NC(=O)N2CCCC2)cc1-c1cc(-c2ccnc(N)n2)nc(N2CCOCC2)c1. The van der Waals surface area contributed by atoms with Crippen molar-refractivity contribution in [2.45, 2.75) is 32.9 Å². The van der Waals surface area contributed by atoms with Crippen molar-refractivity contribution >= 4 is 23.5 Å². The van der Waals surface area contributed by atoms with E-state index in [0.717, 1.165) is 72.9 Å². The van der Waals surface area contributed by atoms with E-state index in [2.05, 4.69) is 33.2 Å². The standard InChI is InChI=1S/C25H29N7O2.C2H3F3/c1-17-4-5-19(28-25(33)32-8-2-3-9-32)16-20(17)18-14-22(21-6-7-27-24(26)30-21)29-23(15-18)31-10-12-34-13-11-31;1-2(3,4)5/h4-7,14-16H,2-3,8-13H2,1H3,(H,28,33)(H2,26,27,30);1H3. The van der Waals surface area contributed by atoms with E-state index in [1.807, 2.05) is 35.2 Å². The molecule has 0 atom stereocenters. The summed E-state index contributed by atoms with van der Waals surface area (Å²) in [5.74, 6) is 1.07. The van der Waals surface area contributed by atoms with E-state index in [4.69, 9.17) is 15.5 Å². The van der Waals surface area contributed by atoms with Crippen LogP contribution in [-0.4, -0.2) is 71.5 Å². The van der Waals surface area contributed by atoms with Crippen LogP contribution in [0.2, 0.25) is 0 Å². The maximum absolute atomic E-state index is 12.6. The highest BCUT2D eigenvalue weighted by molar-refractivity contribution is 5.91. The minimum Gasteiger partial charge on any atom is -0.378 e. The van der Waals surface area contributed by atoms with Gasteiger partial charge in [0.15, 0.2) is 0 Å². The summed E-state index contributed by atoms with van der Waals surface area (Å²) in [6, 6.07) is 11.9. The van der Waals surface area contributed by atoms with Gasteiger partial charge in [0.25, 0.3) is 0 Å². The van der Waals surface area contributed by atoms with Crippen LogP contribution in [0.3, 0.4) is 0 Å². The van der Waals surface area contributed by atoms with Crippen LogP contribution in [0.1, 0.15) is 25.3 Å². The van der Waals surface area contributed by atoms with E-state index in [1.165, 1.54) is 0 Å². The largest absolute Gasteiger partial charge is 0.386 e. The molecule has 39 heavy (non-hydrogen) atoms. The Morgan fingerprint density at radius 2 is 1.69 bits per heavy atom. The van der Waals surface area contributed by atoms with Gasteiger partial charge in [-0.25, -0.2) is 19.7 Å². The number of nitrogens with zero attached hydrogens (tertiary/aromatic N) is 5. The number of pyridine rings is 1. The highest BCUT2D eigenvalue weighted by Crippen LogP contribution is 2.32. The first kappa shape index (κ1) is 28.1. The van der Waals surface area contributed by atoms with E-state index in [9.17, 15) is 18.0 Å². The van der Waals surface area contributed by atoms with Crippen LogP contribution in [0, 0.1) is 6.92 Å². The van der Waals surface area contributed by atoms with Crippen molar-refractivity contribution in [1.82, 2.24) is 19.9 Å².